The molecule has 5 rings (SSSR count). The van der Waals surface area contributed by atoms with E-state index in [-0.39, 0.29) is 15.8 Å². The summed E-state index contributed by atoms with van der Waals surface area (Å²) in [6, 6.07) is 13.3. The summed E-state index contributed by atoms with van der Waals surface area (Å²) in [5, 5.41) is 4.52. The number of aryl methyl sites for hydroxylation is 1. The molecule has 1 aliphatic heterocycles. The average molecular weight is 493 g/mol. The zero-order valence-corrected chi connectivity index (χ0v) is 19.9. The number of hydrogen-bond acceptors (Lipinski definition) is 6. The molecule has 0 saturated carbocycles. The quantitative estimate of drug-likeness (QED) is 0.457. The van der Waals surface area contributed by atoms with E-state index in [1.54, 1.807) is 4.68 Å². The van der Waals surface area contributed by atoms with Crippen molar-refractivity contribution < 1.29 is 13.2 Å². The van der Waals surface area contributed by atoms with Gasteiger partial charge < -0.3 is 0 Å². The smallest absolute Gasteiger partial charge is 0.267 e. The number of benzene rings is 2. The normalized spacial score (nSPS) is 14.8. The van der Waals surface area contributed by atoms with E-state index < -0.39 is 21.5 Å². The standard InChI is InChI=1S/C24H24N6O4S/c1-17-5-9-19(10-6-17)30-22-21(15-26-30)24(32)29(16-25-22)27-23(31)18-7-11-20(12-8-18)35(33,34)28-13-3-2-4-14-28/h5-12,15-16H,2-4,13-14H2,1H3,(H,27,31). The molecule has 0 atom stereocenters. The second-order valence-corrected chi connectivity index (χ2v) is 10.4. The topological polar surface area (TPSA) is 119 Å². The molecular formula is C24H24N6O4S. The molecule has 1 N–H and O–H groups in total. The van der Waals surface area contributed by atoms with Crippen molar-refractivity contribution >= 4 is 27.0 Å². The summed E-state index contributed by atoms with van der Waals surface area (Å²) >= 11 is 0. The molecule has 35 heavy (non-hydrogen) atoms. The van der Waals surface area contributed by atoms with Gasteiger partial charge in [-0.2, -0.15) is 9.40 Å². The van der Waals surface area contributed by atoms with Crippen LogP contribution < -0.4 is 11.0 Å². The SMILES string of the molecule is Cc1ccc(-n2ncc3c(=O)n(NC(=O)c4ccc(S(=O)(=O)N5CCCCC5)cc4)cnc32)cc1. The Morgan fingerprint density at radius 2 is 1.66 bits per heavy atom. The first-order valence-corrected chi connectivity index (χ1v) is 12.7. The predicted octanol–water partition coefficient (Wildman–Crippen LogP) is 2.45. The van der Waals surface area contributed by atoms with Crippen molar-refractivity contribution in [3.8, 4) is 5.69 Å². The number of aromatic nitrogens is 4. The number of fused-ring (bicyclic) bond motifs is 1. The van der Waals surface area contributed by atoms with Crippen LogP contribution in [-0.2, 0) is 10.0 Å². The van der Waals surface area contributed by atoms with Crippen molar-refractivity contribution in [1.82, 2.24) is 23.7 Å². The first-order valence-electron chi connectivity index (χ1n) is 11.3. The van der Waals surface area contributed by atoms with Crippen molar-refractivity contribution in [1.29, 1.82) is 0 Å². The van der Waals surface area contributed by atoms with Crippen LogP contribution in [0.5, 0.6) is 0 Å². The number of rotatable bonds is 5. The fraction of sp³-hybridized carbons (Fsp3) is 0.250. The van der Waals surface area contributed by atoms with Gasteiger partial charge in [0.1, 0.15) is 11.7 Å². The molecule has 0 aliphatic carbocycles. The van der Waals surface area contributed by atoms with Gasteiger partial charge in [0.2, 0.25) is 10.0 Å². The molecule has 180 valence electrons. The number of hydrogen-bond donors (Lipinski definition) is 1. The Balaban J connectivity index is 1.36. The Morgan fingerprint density at radius 1 is 0.971 bits per heavy atom. The average Bonchev–Trinajstić information content (AvgIpc) is 3.31. The molecule has 0 spiro atoms. The van der Waals surface area contributed by atoms with Crippen LogP contribution in [-0.4, -0.2) is 51.2 Å². The third-order valence-corrected chi connectivity index (χ3v) is 7.97. The maximum atomic E-state index is 12.9. The Morgan fingerprint density at radius 3 is 2.34 bits per heavy atom. The highest BCUT2D eigenvalue weighted by Gasteiger charge is 2.26. The fourth-order valence-corrected chi connectivity index (χ4v) is 5.59. The Bertz CT molecular complexity index is 1550. The van der Waals surface area contributed by atoms with Crippen molar-refractivity contribution in [3.63, 3.8) is 0 Å². The lowest BCUT2D eigenvalue weighted by molar-refractivity contribution is 0.101. The van der Waals surface area contributed by atoms with E-state index in [9.17, 15) is 18.0 Å². The van der Waals surface area contributed by atoms with Gasteiger partial charge in [-0.1, -0.05) is 24.1 Å². The van der Waals surface area contributed by atoms with Crippen LogP contribution in [0.4, 0.5) is 0 Å². The highest BCUT2D eigenvalue weighted by Crippen LogP contribution is 2.21. The van der Waals surface area contributed by atoms with Gasteiger partial charge in [0.25, 0.3) is 11.5 Å². The number of carbonyl (C=O) groups is 1. The lowest BCUT2D eigenvalue weighted by Gasteiger charge is -2.25. The second-order valence-electron chi connectivity index (χ2n) is 8.48. The minimum Gasteiger partial charge on any atom is -0.267 e. The van der Waals surface area contributed by atoms with Crippen LogP contribution in [0.1, 0.15) is 35.2 Å². The van der Waals surface area contributed by atoms with Gasteiger partial charge in [0.05, 0.1) is 16.8 Å². The zero-order valence-electron chi connectivity index (χ0n) is 19.1. The van der Waals surface area contributed by atoms with Gasteiger partial charge in [-0.3, -0.25) is 15.0 Å². The minimum absolute atomic E-state index is 0.139. The van der Waals surface area contributed by atoms with Crippen molar-refractivity contribution in [3.05, 3.63) is 82.5 Å². The number of nitrogens with zero attached hydrogens (tertiary/aromatic N) is 5. The predicted molar refractivity (Wildman–Crippen MR) is 131 cm³/mol. The molecule has 1 saturated heterocycles. The number of carbonyl (C=O) groups excluding carboxylic acids is 1. The summed E-state index contributed by atoms with van der Waals surface area (Å²) in [6.07, 6.45) is 5.35. The molecule has 11 heteroatoms. The number of amides is 1. The van der Waals surface area contributed by atoms with Gasteiger partial charge >= 0.3 is 0 Å². The molecule has 0 unspecified atom stereocenters. The largest absolute Gasteiger partial charge is 0.283 e. The third-order valence-electron chi connectivity index (χ3n) is 6.06. The Hall–Kier alpha value is -3.83. The summed E-state index contributed by atoms with van der Waals surface area (Å²) in [6.45, 7) is 2.98. The molecule has 0 bridgehead atoms. The number of sulfonamides is 1. The first kappa shape index (κ1) is 22.9. The van der Waals surface area contributed by atoms with Crippen LogP contribution in [0.15, 0.2) is 70.7 Å². The number of piperidine rings is 1. The first-order chi connectivity index (χ1) is 16.8. The van der Waals surface area contributed by atoms with E-state index in [4.69, 9.17) is 0 Å². The monoisotopic (exact) mass is 492 g/mol. The van der Waals surface area contributed by atoms with E-state index >= 15 is 0 Å². The Kier molecular flexibility index (Phi) is 5.95. The molecule has 0 radical (unpaired) electrons. The zero-order chi connectivity index (χ0) is 24.6. The van der Waals surface area contributed by atoms with Gasteiger partial charge in [-0.15, -0.1) is 0 Å². The van der Waals surface area contributed by atoms with Crippen LogP contribution in [0.3, 0.4) is 0 Å². The van der Waals surface area contributed by atoms with Crippen LogP contribution in [0, 0.1) is 6.92 Å². The fourth-order valence-electron chi connectivity index (χ4n) is 4.07. The van der Waals surface area contributed by atoms with Crippen LogP contribution in [0.2, 0.25) is 0 Å². The van der Waals surface area contributed by atoms with Crippen LogP contribution in [0.25, 0.3) is 16.7 Å². The maximum absolute atomic E-state index is 12.9. The Labute approximate surface area is 201 Å². The molecule has 1 aliphatic rings. The number of nitrogens with one attached hydrogen (secondary N) is 1. The highest BCUT2D eigenvalue weighted by molar-refractivity contribution is 7.89. The van der Waals surface area contributed by atoms with E-state index in [1.807, 2.05) is 31.2 Å². The van der Waals surface area contributed by atoms with E-state index in [0.717, 1.165) is 35.2 Å². The van der Waals surface area contributed by atoms with Gasteiger partial charge in [0.15, 0.2) is 5.65 Å². The summed E-state index contributed by atoms with van der Waals surface area (Å²) in [4.78, 5) is 30.1. The van der Waals surface area contributed by atoms with Crippen molar-refractivity contribution in [2.45, 2.75) is 31.1 Å². The molecule has 2 aromatic heterocycles. The van der Waals surface area contributed by atoms with Gasteiger partial charge in [-0.05, 0) is 56.2 Å². The minimum atomic E-state index is -3.59. The summed E-state index contributed by atoms with van der Waals surface area (Å²) in [5.74, 6) is -0.568. The highest BCUT2D eigenvalue weighted by atomic mass is 32.2. The van der Waals surface area contributed by atoms with E-state index in [0.29, 0.717) is 18.7 Å². The lowest BCUT2D eigenvalue weighted by Crippen LogP contribution is -2.35. The molecule has 1 fully saturated rings. The molecular weight excluding hydrogens is 468 g/mol. The molecule has 4 aromatic rings. The van der Waals surface area contributed by atoms with Crippen LogP contribution >= 0.6 is 0 Å². The summed E-state index contributed by atoms with van der Waals surface area (Å²) in [5.41, 5.74) is 4.47. The summed E-state index contributed by atoms with van der Waals surface area (Å²) in [7, 11) is -3.59. The van der Waals surface area contributed by atoms with Gasteiger partial charge in [0, 0.05) is 18.7 Å². The molecule has 3 heterocycles. The van der Waals surface area contributed by atoms with E-state index in [2.05, 4.69) is 15.5 Å². The molecule has 2 aromatic carbocycles. The molecule has 10 nitrogen and oxygen atoms in total. The van der Waals surface area contributed by atoms with Crippen molar-refractivity contribution in [2.75, 3.05) is 18.5 Å². The second kappa shape index (κ2) is 9.08. The lowest BCUT2D eigenvalue weighted by atomic mass is 10.2. The van der Waals surface area contributed by atoms with Gasteiger partial charge in [-0.25, -0.2) is 22.8 Å². The summed E-state index contributed by atoms with van der Waals surface area (Å²) < 4.78 is 29.7. The molecule has 1 amide bonds. The third kappa shape index (κ3) is 4.35. The van der Waals surface area contributed by atoms with E-state index in [1.165, 1.54) is 41.1 Å². The van der Waals surface area contributed by atoms with Crippen molar-refractivity contribution in [2.24, 2.45) is 0 Å². The maximum Gasteiger partial charge on any atom is 0.283 e.